The Bertz CT molecular complexity index is 248. The fourth-order valence-electron chi connectivity index (χ4n) is 1.22. The maximum absolute atomic E-state index is 11.3. The second-order valence-corrected chi connectivity index (χ2v) is 4.28. The lowest BCUT2D eigenvalue weighted by Gasteiger charge is -2.07. The number of ketones is 1. The van der Waals surface area contributed by atoms with Crippen LogP contribution in [0.1, 0.15) is 48.9 Å². The van der Waals surface area contributed by atoms with Crippen LogP contribution in [0.4, 0.5) is 0 Å². The van der Waals surface area contributed by atoms with Crippen molar-refractivity contribution < 1.29 is 20.5 Å². The first-order chi connectivity index (χ1) is 9.57. The molecule has 0 aliphatic carbocycles. The number of nitrogens with one attached hydrogen (secondary N) is 1. The second kappa shape index (κ2) is 16.1. The van der Waals surface area contributed by atoms with E-state index in [1.54, 1.807) is 0 Å². The molecule has 0 atom stereocenters. The standard InChI is InChI=1S/C13H25NO4.C2H6.H2/c1-4-17-10-7-14-13(16)6-9-18-8-5-12(15)11(2)3;1-2;/h11H,4-10H2,1-3H3,(H,14,16);1-2H3;1H. The zero-order chi connectivity index (χ0) is 15.8. The normalized spacial score (nSPS) is 9.90. The van der Waals surface area contributed by atoms with E-state index in [0.29, 0.717) is 45.8 Å². The van der Waals surface area contributed by atoms with Gasteiger partial charge in [0.1, 0.15) is 5.78 Å². The molecule has 1 amide bonds. The molecule has 0 aromatic rings. The van der Waals surface area contributed by atoms with Crippen LogP contribution in [-0.4, -0.2) is 44.7 Å². The van der Waals surface area contributed by atoms with E-state index in [2.05, 4.69) is 5.32 Å². The van der Waals surface area contributed by atoms with Crippen molar-refractivity contribution in [3.05, 3.63) is 0 Å². The highest BCUT2D eigenvalue weighted by molar-refractivity contribution is 5.80. The SMILES string of the molecule is CC.CCOCCNC(=O)CCOCCC(=O)C(C)C.[HH]. The van der Waals surface area contributed by atoms with E-state index in [1.165, 1.54) is 0 Å². The number of rotatable bonds is 11. The van der Waals surface area contributed by atoms with Gasteiger partial charge in [0.15, 0.2) is 0 Å². The quantitative estimate of drug-likeness (QED) is 0.594. The number of hydrogen-bond acceptors (Lipinski definition) is 4. The Morgan fingerprint density at radius 1 is 1.05 bits per heavy atom. The number of carbonyl (C=O) groups is 2. The van der Waals surface area contributed by atoms with E-state index in [9.17, 15) is 9.59 Å². The molecular weight excluding hydrogens is 258 g/mol. The molecule has 0 rings (SSSR count). The van der Waals surface area contributed by atoms with Crippen LogP contribution < -0.4 is 5.32 Å². The lowest BCUT2D eigenvalue weighted by molar-refractivity contribution is -0.123. The highest BCUT2D eigenvalue weighted by Gasteiger charge is 2.06. The summed E-state index contributed by atoms with van der Waals surface area (Å²) in [5, 5.41) is 2.72. The predicted molar refractivity (Wildman–Crippen MR) is 82.9 cm³/mol. The van der Waals surface area contributed by atoms with Crippen LogP contribution in [-0.2, 0) is 19.1 Å². The van der Waals surface area contributed by atoms with Gasteiger partial charge in [-0.1, -0.05) is 27.7 Å². The van der Waals surface area contributed by atoms with Gasteiger partial charge in [0, 0.05) is 33.3 Å². The summed E-state index contributed by atoms with van der Waals surface area (Å²) in [6.07, 6.45) is 0.742. The number of amides is 1. The summed E-state index contributed by atoms with van der Waals surface area (Å²) in [5.74, 6) is 0.191. The topological polar surface area (TPSA) is 64.6 Å². The monoisotopic (exact) mass is 291 g/mol. The molecule has 0 radical (unpaired) electrons. The fraction of sp³-hybridized carbons (Fsp3) is 0.867. The molecule has 122 valence electrons. The molecule has 20 heavy (non-hydrogen) atoms. The van der Waals surface area contributed by atoms with Crippen molar-refractivity contribution in [2.75, 3.05) is 33.0 Å². The minimum absolute atomic E-state index is 0. The Morgan fingerprint density at radius 2 is 1.65 bits per heavy atom. The van der Waals surface area contributed by atoms with Gasteiger partial charge in [-0.3, -0.25) is 9.59 Å². The lowest BCUT2D eigenvalue weighted by atomic mass is 10.1. The molecule has 1 N–H and O–H groups in total. The second-order valence-electron chi connectivity index (χ2n) is 4.28. The van der Waals surface area contributed by atoms with Gasteiger partial charge in [0.05, 0.1) is 19.8 Å². The number of carbonyl (C=O) groups excluding carboxylic acids is 2. The number of hydrogen-bond donors (Lipinski definition) is 1. The van der Waals surface area contributed by atoms with Gasteiger partial charge < -0.3 is 14.8 Å². The maximum atomic E-state index is 11.3. The minimum atomic E-state index is -0.0510. The fourth-order valence-corrected chi connectivity index (χ4v) is 1.22. The van der Waals surface area contributed by atoms with Crippen molar-refractivity contribution in [2.24, 2.45) is 5.92 Å². The largest absolute Gasteiger partial charge is 0.380 e. The van der Waals surface area contributed by atoms with Crippen LogP contribution in [0.5, 0.6) is 0 Å². The number of Topliss-reactive ketones (excluding diaryl/α,β-unsaturated/α-hetero) is 1. The lowest BCUT2D eigenvalue weighted by Crippen LogP contribution is -2.28. The Morgan fingerprint density at radius 3 is 2.20 bits per heavy atom. The van der Waals surface area contributed by atoms with Gasteiger partial charge in [0.25, 0.3) is 0 Å². The average Bonchev–Trinajstić information content (AvgIpc) is 2.45. The third kappa shape index (κ3) is 15.1. The Hall–Kier alpha value is -0.940. The zero-order valence-corrected chi connectivity index (χ0v) is 13.7. The molecule has 0 bridgehead atoms. The molecule has 0 saturated carbocycles. The summed E-state index contributed by atoms with van der Waals surface area (Å²) in [6.45, 7) is 12.1. The molecule has 5 heteroatoms. The van der Waals surface area contributed by atoms with Crippen LogP contribution in [0.3, 0.4) is 0 Å². The summed E-state index contributed by atoms with van der Waals surface area (Å²) in [5.41, 5.74) is 0. The summed E-state index contributed by atoms with van der Waals surface area (Å²) >= 11 is 0. The van der Waals surface area contributed by atoms with Crippen LogP contribution in [0.2, 0.25) is 0 Å². The van der Waals surface area contributed by atoms with Gasteiger partial charge >= 0.3 is 0 Å². The van der Waals surface area contributed by atoms with Gasteiger partial charge in [-0.2, -0.15) is 0 Å². The van der Waals surface area contributed by atoms with Crippen LogP contribution in [0, 0.1) is 5.92 Å². The molecule has 0 aliphatic rings. The van der Waals surface area contributed by atoms with Crippen molar-refractivity contribution in [2.45, 2.75) is 47.5 Å². The molecule has 0 aromatic carbocycles. The summed E-state index contributed by atoms with van der Waals surface area (Å²) in [7, 11) is 0. The Kier molecular flexibility index (Phi) is 17.2. The molecule has 5 nitrogen and oxygen atoms in total. The first kappa shape index (κ1) is 21.4. The smallest absolute Gasteiger partial charge is 0.222 e. The maximum Gasteiger partial charge on any atom is 0.222 e. The van der Waals surface area contributed by atoms with Crippen molar-refractivity contribution in [1.29, 1.82) is 0 Å². The van der Waals surface area contributed by atoms with Crippen molar-refractivity contribution >= 4 is 11.7 Å². The molecule has 0 aromatic heterocycles. The average molecular weight is 291 g/mol. The van der Waals surface area contributed by atoms with E-state index in [-0.39, 0.29) is 19.0 Å². The first-order valence-corrected chi connectivity index (χ1v) is 7.52. The molecule has 0 heterocycles. The van der Waals surface area contributed by atoms with Gasteiger partial charge in [-0.05, 0) is 6.92 Å². The van der Waals surface area contributed by atoms with Gasteiger partial charge in [0.2, 0.25) is 5.91 Å². The van der Waals surface area contributed by atoms with E-state index in [4.69, 9.17) is 9.47 Å². The summed E-state index contributed by atoms with van der Waals surface area (Å²) in [6, 6.07) is 0. The van der Waals surface area contributed by atoms with E-state index in [0.717, 1.165) is 0 Å². The summed E-state index contributed by atoms with van der Waals surface area (Å²) < 4.78 is 10.3. The molecule has 0 fully saturated rings. The Balaban J connectivity index is -0.00000103. The van der Waals surface area contributed by atoms with Crippen molar-refractivity contribution in [3.8, 4) is 0 Å². The first-order valence-electron chi connectivity index (χ1n) is 7.52. The minimum Gasteiger partial charge on any atom is -0.380 e. The van der Waals surface area contributed by atoms with Gasteiger partial charge in [-0.15, -0.1) is 0 Å². The zero-order valence-electron chi connectivity index (χ0n) is 13.7. The number of ether oxygens (including phenoxy) is 2. The molecule has 0 aliphatic heterocycles. The summed E-state index contributed by atoms with van der Waals surface area (Å²) in [4.78, 5) is 22.6. The van der Waals surface area contributed by atoms with Crippen molar-refractivity contribution in [3.63, 3.8) is 0 Å². The van der Waals surface area contributed by atoms with E-state index < -0.39 is 0 Å². The molecule has 0 spiro atoms. The van der Waals surface area contributed by atoms with E-state index >= 15 is 0 Å². The van der Waals surface area contributed by atoms with Crippen LogP contribution >= 0.6 is 0 Å². The molecule has 0 saturated heterocycles. The van der Waals surface area contributed by atoms with E-state index in [1.807, 2.05) is 34.6 Å². The predicted octanol–water partition coefficient (Wildman–Crippen LogP) is 2.43. The third-order valence-corrected chi connectivity index (χ3v) is 2.38. The highest BCUT2D eigenvalue weighted by atomic mass is 16.5. The van der Waals surface area contributed by atoms with Gasteiger partial charge in [-0.25, -0.2) is 0 Å². The molecular formula is C15H33NO4. The van der Waals surface area contributed by atoms with Crippen LogP contribution in [0.15, 0.2) is 0 Å². The van der Waals surface area contributed by atoms with Crippen molar-refractivity contribution in [1.82, 2.24) is 5.32 Å². The molecule has 0 unspecified atom stereocenters. The Labute approximate surface area is 124 Å². The highest BCUT2D eigenvalue weighted by Crippen LogP contribution is 1.98. The third-order valence-electron chi connectivity index (χ3n) is 2.38. The van der Waals surface area contributed by atoms with Crippen LogP contribution in [0.25, 0.3) is 0 Å².